The standard InChI is InChI=1S/C17H23NO/c18-17(8-1-2-14(11-17)12-3-4-12)15-5-6-16-13(10-15)7-9-19-16/h5-6,10,12,14H,1-4,7-9,11,18H2. The minimum atomic E-state index is -0.0802. The molecule has 0 amide bonds. The van der Waals surface area contributed by atoms with Crippen LogP contribution in [-0.2, 0) is 12.0 Å². The fraction of sp³-hybridized carbons (Fsp3) is 0.647. The van der Waals surface area contributed by atoms with Crippen LogP contribution in [0.2, 0.25) is 0 Å². The van der Waals surface area contributed by atoms with Gasteiger partial charge in [0.25, 0.3) is 0 Å². The second kappa shape index (κ2) is 4.24. The number of rotatable bonds is 2. The quantitative estimate of drug-likeness (QED) is 0.881. The highest BCUT2D eigenvalue weighted by molar-refractivity contribution is 5.42. The predicted octanol–water partition coefficient (Wildman–Crippen LogP) is 3.38. The van der Waals surface area contributed by atoms with E-state index in [1.54, 1.807) is 0 Å². The van der Waals surface area contributed by atoms with Crippen LogP contribution in [-0.4, -0.2) is 6.61 Å². The number of benzene rings is 1. The molecule has 3 aliphatic rings. The van der Waals surface area contributed by atoms with Crippen molar-refractivity contribution in [2.75, 3.05) is 6.61 Å². The molecular formula is C17H23NO. The first-order valence-electron chi connectivity index (χ1n) is 7.80. The lowest BCUT2D eigenvalue weighted by Gasteiger charge is -2.39. The topological polar surface area (TPSA) is 35.2 Å². The predicted molar refractivity (Wildman–Crippen MR) is 76.2 cm³/mol. The summed E-state index contributed by atoms with van der Waals surface area (Å²) in [6, 6.07) is 6.66. The van der Waals surface area contributed by atoms with E-state index in [4.69, 9.17) is 10.5 Å². The van der Waals surface area contributed by atoms with Gasteiger partial charge in [0.05, 0.1) is 6.61 Å². The van der Waals surface area contributed by atoms with Crippen LogP contribution in [0.15, 0.2) is 18.2 Å². The molecule has 2 nitrogen and oxygen atoms in total. The van der Waals surface area contributed by atoms with E-state index in [0.29, 0.717) is 0 Å². The minimum Gasteiger partial charge on any atom is -0.493 e. The molecule has 0 aromatic heterocycles. The Balaban J connectivity index is 1.62. The van der Waals surface area contributed by atoms with Gasteiger partial charge in [-0.25, -0.2) is 0 Å². The second-order valence-electron chi connectivity index (χ2n) is 6.77. The number of fused-ring (bicyclic) bond motifs is 1. The molecule has 4 rings (SSSR count). The van der Waals surface area contributed by atoms with E-state index in [9.17, 15) is 0 Å². The van der Waals surface area contributed by atoms with Gasteiger partial charge in [0.15, 0.2) is 0 Å². The molecule has 1 aromatic carbocycles. The van der Waals surface area contributed by atoms with Crippen molar-refractivity contribution in [1.82, 2.24) is 0 Å². The van der Waals surface area contributed by atoms with Gasteiger partial charge in [0, 0.05) is 12.0 Å². The third-order valence-corrected chi connectivity index (χ3v) is 5.38. The fourth-order valence-corrected chi connectivity index (χ4v) is 4.08. The molecule has 2 saturated carbocycles. The van der Waals surface area contributed by atoms with Gasteiger partial charge in [-0.15, -0.1) is 0 Å². The van der Waals surface area contributed by atoms with Gasteiger partial charge >= 0.3 is 0 Å². The van der Waals surface area contributed by atoms with Crippen molar-refractivity contribution in [1.29, 1.82) is 0 Å². The molecule has 2 unspecified atom stereocenters. The highest BCUT2D eigenvalue weighted by Crippen LogP contribution is 2.49. The van der Waals surface area contributed by atoms with Crippen LogP contribution in [0.3, 0.4) is 0 Å². The maximum atomic E-state index is 6.79. The van der Waals surface area contributed by atoms with E-state index in [1.165, 1.54) is 43.2 Å². The fourth-order valence-electron chi connectivity index (χ4n) is 4.08. The van der Waals surface area contributed by atoms with Crippen molar-refractivity contribution >= 4 is 0 Å². The van der Waals surface area contributed by atoms with Crippen LogP contribution in [0.1, 0.15) is 49.7 Å². The summed E-state index contributed by atoms with van der Waals surface area (Å²) in [7, 11) is 0. The highest BCUT2D eigenvalue weighted by Gasteiger charge is 2.41. The maximum Gasteiger partial charge on any atom is 0.122 e. The molecule has 2 N–H and O–H groups in total. The lowest BCUT2D eigenvalue weighted by Crippen LogP contribution is -2.42. The third kappa shape index (κ3) is 2.06. The molecule has 0 radical (unpaired) electrons. The van der Waals surface area contributed by atoms with Gasteiger partial charge in [-0.2, -0.15) is 0 Å². The van der Waals surface area contributed by atoms with Crippen molar-refractivity contribution in [3.8, 4) is 5.75 Å². The lowest BCUT2D eigenvalue weighted by atomic mass is 9.71. The Labute approximate surface area is 115 Å². The summed E-state index contributed by atoms with van der Waals surface area (Å²) in [6.45, 7) is 0.834. The summed E-state index contributed by atoms with van der Waals surface area (Å²) in [6.07, 6.45) is 8.97. The molecule has 1 heterocycles. The van der Waals surface area contributed by atoms with Gasteiger partial charge in [-0.05, 0) is 54.7 Å². The summed E-state index contributed by atoms with van der Waals surface area (Å²) in [5, 5.41) is 0. The Morgan fingerprint density at radius 1 is 1.16 bits per heavy atom. The average molecular weight is 257 g/mol. The monoisotopic (exact) mass is 257 g/mol. The van der Waals surface area contributed by atoms with E-state index in [2.05, 4.69) is 18.2 Å². The van der Waals surface area contributed by atoms with Crippen molar-refractivity contribution < 1.29 is 4.74 Å². The number of hydrogen-bond donors (Lipinski definition) is 1. The molecule has 19 heavy (non-hydrogen) atoms. The molecule has 1 aliphatic heterocycles. The van der Waals surface area contributed by atoms with Crippen molar-refractivity contribution in [2.45, 2.75) is 50.5 Å². The minimum absolute atomic E-state index is 0.0802. The van der Waals surface area contributed by atoms with Crippen molar-refractivity contribution in [2.24, 2.45) is 17.6 Å². The molecule has 2 fully saturated rings. The summed E-state index contributed by atoms with van der Waals surface area (Å²) in [5.74, 6) is 2.94. The van der Waals surface area contributed by atoms with Gasteiger partial charge in [-0.3, -0.25) is 0 Å². The Bertz CT molecular complexity index is 494. The maximum absolute atomic E-state index is 6.79. The smallest absolute Gasteiger partial charge is 0.122 e. The summed E-state index contributed by atoms with van der Waals surface area (Å²) in [5.41, 5.74) is 9.42. The van der Waals surface area contributed by atoms with Crippen LogP contribution in [0, 0.1) is 11.8 Å². The summed E-state index contributed by atoms with van der Waals surface area (Å²) < 4.78 is 5.60. The molecule has 2 heteroatoms. The van der Waals surface area contributed by atoms with Crippen LogP contribution < -0.4 is 10.5 Å². The summed E-state index contributed by atoms with van der Waals surface area (Å²) >= 11 is 0. The first kappa shape index (κ1) is 11.8. The van der Waals surface area contributed by atoms with E-state index < -0.39 is 0 Å². The van der Waals surface area contributed by atoms with Crippen LogP contribution in [0.4, 0.5) is 0 Å². The number of nitrogens with two attached hydrogens (primary N) is 1. The number of hydrogen-bond acceptors (Lipinski definition) is 2. The van der Waals surface area contributed by atoms with Crippen LogP contribution >= 0.6 is 0 Å². The SMILES string of the molecule is NC1(c2ccc3c(c2)CCO3)CCCC(C2CC2)C1. The lowest BCUT2D eigenvalue weighted by molar-refractivity contribution is 0.206. The van der Waals surface area contributed by atoms with Crippen molar-refractivity contribution in [3.63, 3.8) is 0 Å². The first-order chi connectivity index (χ1) is 9.24. The zero-order valence-corrected chi connectivity index (χ0v) is 11.5. The van der Waals surface area contributed by atoms with Crippen molar-refractivity contribution in [3.05, 3.63) is 29.3 Å². The van der Waals surface area contributed by atoms with E-state index in [0.717, 1.165) is 37.0 Å². The molecule has 102 valence electrons. The van der Waals surface area contributed by atoms with Gasteiger partial charge < -0.3 is 10.5 Å². The van der Waals surface area contributed by atoms with E-state index in [1.807, 2.05) is 0 Å². The molecule has 0 saturated heterocycles. The van der Waals surface area contributed by atoms with E-state index in [-0.39, 0.29) is 5.54 Å². The average Bonchev–Trinajstić information content (AvgIpc) is 3.16. The molecule has 2 atom stereocenters. The van der Waals surface area contributed by atoms with Gasteiger partial charge in [0.1, 0.15) is 5.75 Å². The summed E-state index contributed by atoms with van der Waals surface area (Å²) in [4.78, 5) is 0. The largest absolute Gasteiger partial charge is 0.493 e. The molecule has 2 aliphatic carbocycles. The first-order valence-corrected chi connectivity index (χ1v) is 7.80. The molecular weight excluding hydrogens is 234 g/mol. The Hall–Kier alpha value is -1.02. The van der Waals surface area contributed by atoms with Gasteiger partial charge in [-0.1, -0.05) is 25.0 Å². The Morgan fingerprint density at radius 2 is 2.05 bits per heavy atom. The van der Waals surface area contributed by atoms with Crippen LogP contribution in [0.25, 0.3) is 0 Å². The molecule has 1 aromatic rings. The number of ether oxygens (including phenoxy) is 1. The molecule has 0 bridgehead atoms. The van der Waals surface area contributed by atoms with Crippen LogP contribution in [0.5, 0.6) is 5.75 Å². The van der Waals surface area contributed by atoms with E-state index >= 15 is 0 Å². The second-order valence-corrected chi connectivity index (χ2v) is 6.77. The molecule has 0 spiro atoms. The Morgan fingerprint density at radius 3 is 2.89 bits per heavy atom. The zero-order chi connectivity index (χ0) is 12.9. The van der Waals surface area contributed by atoms with Gasteiger partial charge in [0.2, 0.25) is 0 Å². The highest BCUT2D eigenvalue weighted by atomic mass is 16.5. The normalized spacial score (nSPS) is 33.8. The third-order valence-electron chi connectivity index (χ3n) is 5.38. The Kier molecular flexibility index (Phi) is 2.63. The zero-order valence-electron chi connectivity index (χ0n) is 11.5.